The van der Waals surface area contributed by atoms with Crippen LogP contribution in [0.4, 0.5) is 0 Å². The van der Waals surface area contributed by atoms with E-state index in [9.17, 15) is 8.42 Å². The highest BCUT2D eigenvalue weighted by Crippen LogP contribution is 2.38. The maximum Gasteiger partial charge on any atom is 0.252 e. The SMILES string of the molecule is CN(Cc1cc(Cl)c2c(c1)OCCO2)S(=O)(=O)c1cccs1. The Bertz CT molecular complexity index is 774. The Balaban J connectivity index is 1.86. The van der Waals surface area contributed by atoms with Crippen LogP contribution in [0.25, 0.3) is 0 Å². The molecule has 0 saturated carbocycles. The highest BCUT2D eigenvalue weighted by atomic mass is 35.5. The van der Waals surface area contributed by atoms with Crippen LogP contribution in [0.1, 0.15) is 5.56 Å². The van der Waals surface area contributed by atoms with Gasteiger partial charge in [0.15, 0.2) is 11.5 Å². The van der Waals surface area contributed by atoms with Crippen LogP contribution >= 0.6 is 22.9 Å². The van der Waals surface area contributed by atoms with Crippen LogP contribution in [0.15, 0.2) is 33.9 Å². The molecule has 1 aromatic heterocycles. The lowest BCUT2D eigenvalue weighted by atomic mass is 10.2. The topological polar surface area (TPSA) is 55.8 Å². The lowest BCUT2D eigenvalue weighted by Crippen LogP contribution is -2.26. The molecular formula is C14H14ClNO4S2. The van der Waals surface area contributed by atoms with Crippen LogP contribution in [-0.4, -0.2) is 33.0 Å². The van der Waals surface area contributed by atoms with E-state index in [2.05, 4.69) is 0 Å². The first kappa shape index (κ1) is 15.6. The van der Waals surface area contributed by atoms with Crippen molar-refractivity contribution in [3.8, 4) is 11.5 Å². The third-order valence-electron chi connectivity index (χ3n) is 3.22. The molecule has 1 aliphatic rings. The zero-order chi connectivity index (χ0) is 15.7. The van der Waals surface area contributed by atoms with Gasteiger partial charge in [0, 0.05) is 13.6 Å². The summed E-state index contributed by atoms with van der Waals surface area (Å²) < 4.78 is 37.4. The Morgan fingerprint density at radius 2 is 2.09 bits per heavy atom. The van der Waals surface area contributed by atoms with Crippen molar-refractivity contribution in [2.45, 2.75) is 10.8 Å². The molecule has 5 nitrogen and oxygen atoms in total. The maximum absolute atomic E-state index is 12.4. The second-order valence-corrected chi connectivity index (χ2v) is 8.42. The van der Waals surface area contributed by atoms with E-state index >= 15 is 0 Å². The zero-order valence-corrected chi connectivity index (χ0v) is 14.2. The van der Waals surface area contributed by atoms with Gasteiger partial charge < -0.3 is 9.47 Å². The number of rotatable bonds is 4. The van der Waals surface area contributed by atoms with Gasteiger partial charge in [0.2, 0.25) is 0 Å². The molecule has 0 fully saturated rings. The minimum absolute atomic E-state index is 0.205. The molecule has 0 radical (unpaired) electrons. The van der Waals surface area contributed by atoms with Crippen molar-refractivity contribution in [3.63, 3.8) is 0 Å². The summed E-state index contributed by atoms with van der Waals surface area (Å²) in [5, 5.41) is 2.16. The molecule has 0 amide bonds. The largest absolute Gasteiger partial charge is 0.486 e. The van der Waals surface area contributed by atoms with E-state index in [1.54, 1.807) is 36.7 Å². The van der Waals surface area contributed by atoms with Gasteiger partial charge in [-0.3, -0.25) is 0 Å². The average molecular weight is 360 g/mol. The van der Waals surface area contributed by atoms with E-state index in [4.69, 9.17) is 21.1 Å². The van der Waals surface area contributed by atoms with Crippen LogP contribution in [-0.2, 0) is 16.6 Å². The smallest absolute Gasteiger partial charge is 0.252 e. The van der Waals surface area contributed by atoms with Crippen molar-refractivity contribution < 1.29 is 17.9 Å². The number of sulfonamides is 1. The van der Waals surface area contributed by atoms with E-state index in [1.165, 1.54) is 15.6 Å². The summed E-state index contributed by atoms with van der Waals surface area (Å²) in [4.78, 5) is 0. The van der Waals surface area contributed by atoms with Crippen molar-refractivity contribution in [2.24, 2.45) is 0 Å². The molecule has 3 rings (SSSR count). The quantitative estimate of drug-likeness (QED) is 0.842. The van der Waals surface area contributed by atoms with Crippen LogP contribution in [0.3, 0.4) is 0 Å². The van der Waals surface area contributed by atoms with Gasteiger partial charge >= 0.3 is 0 Å². The van der Waals surface area contributed by atoms with E-state index in [-0.39, 0.29) is 6.54 Å². The minimum atomic E-state index is -3.49. The Morgan fingerprint density at radius 3 is 2.82 bits per heavy atom. The van der Waals surface area contributed by atoms with Crippen LogP contribution < -0.4 is 9.47 Å². The molecule has 0 saturated heterocycles. The number of hydrogen-bond donors (Lipinski definition) is 0. The van der Waals surface area contributed by atoms with Gasteiger partial charge in [-0.15, -0.1) is 11.3 Å². The highest BCUT2D eigenvalue weighted by molar-refractivity contribution is 7.91. The predicted octanol–water partition coefficient (Wildman–Crippen LogP) is 2.99. The summed E-state index contributed by atoms with van der Waals surface area (Å²) in [7, 11) is -1.95. The van der Waals surface area contributed by atoms with Gasteiger partial charge in [-0.2, -0.15) is 4.31 Å². The third-order valence-corrected chi connectivity index (χ3v) is 6.68. The van der Waals surface area contributed by atoms with Crippen LogP contribution in [0.5, 0.6) is 11.5 Å². The number of benzene rings is 1. The first-order valence-corrected chi connectivity index (χ1v) is 9.26. The predicted molar refractivity (Wildman–Crippen MR) is 85.4 cm³/mol. The van der Waals surface area contributed by atoms with Crippen LogP contribution in [0.2, 0.25) is 5.02 Å². The summed E-state index contributed by atoms with van der Waals surface area (Å²) in [6.07, 6.45) is 0. The van der Waals surface area contributed by atoms with Gasteiger partial charge in [-0.05, 0) is 29.1 Å². The molecule has 1 aromatic carbocycles. The summed E-state index contributed by atoms with van der Waals surface area (Å²) >= 11 is 7.37. The van der Waals surface area contributed by atoms with E-state index < -0.39 is 10.0 Å². The van der Waals surface area contributed by atoms with Gasteiger partial charge in [0.05, 0.1) is 5.02 Å². The fraction of sp³-hybridized carbons (Fsp3) is 0.286. The van der Waals surface area contributed by atoms with Gasteiger partial charge in [0.25, 0.3) is 10.0 Å². The number of nitrogens with zero attached hydrogens (tertiary/aromatic N) is 1. The number of ether oxygens (including phenoxy) is 2. The Kier molecular flexibility index (Phi) is 4.31. The summed E-state index contributed by atoms with van der Waals surface area (Å²) in [5.41, 5.74) is 0.747. The molecule has 2 aromatic rings. The van der Waals surface area contributed by atoms with Crippen molar-refractivity contribution in [2.75, 3.05) is 20.3 Å². The van der Waals surface area contributed by atoms with Gasteiger partial charge in [-0.1, -0.05) is 17.7 Å². The monoisotopic (exact) mass is 359 g/mol. The summed E-state index contributed by atoms with van der Waals surface area (Å²) in [6, 6.07) is 6.77. The molecule has 0 spiro atoms. The molecule has 0 bridgehead atoms. The van der Waals surface area contributed by atoms with E-state index in [0.29, 0.717) is 33.9 Å². The fourth-order valence-corrected chi connectivity index (χ4v) is 4.81. The average Bonchev–Trinajstić information content (AvgIpc) is 3.02. The number of hydrogen-bond acceptors (Lipinski definition) is 5. The van der Waals surface area contributed by atoms with Gasteiger partial charge in [-0.25, -0.2) is 8.42 Å². The Morgan fingerprint density at radius 1 is 1.32 bits per heavy atom. The third kappa shape index (κ3) is 2.94. The maximum atomic E-state index is 12.4. The Labute approximate surface area is 138 Å². The minimum Gasteiger partial charge on any atom is -0.486 e. The van der Waals surface area contributed by atoms with Crippen molar-refractivity contribution in [1.29, 1.82) is 0 Å². The first-order valence-electron chi connectivity index (χ1n) is 6.56. The molecular weight excluding hydrogens is 346 g/mol. The molecule has 1 aliphatic heterocycles. The summed E-state index contributed by atoms with van der Waals surface area (Å²) in [5.74, 6) is 1.07. The van der Waals surface area contributed by atoms with Crippen LogP contribution in [0, 0.1) is 0 Å². The number of fused-ring (bicyclic) bond motifs is 1. The van der Waals surface area contributed by atoms with E-state index in [0.717, 1.165) is 5.56 Å². The lowest BCUT2D eigenvalue weighted by molar-refractivity contribution is 0.171. The molecule has 0 N–H and O–H groups in total. The Hall–Kier alpha value is -1.28. The number of thiophene rings is 1. The van der Waals surface area contributed by atoms with Gasteiger partial charge in [0.1, 0.15) is 17.4 Å². The van der Waals surface area contributed by atoms with Crippen molar-refractivity contribution in [3.05, 3.63) is 40.2 Å². The number of halogens is 1. The summed E-state index contributed by atoms with van der Waals surface area (Å²) in [6.45, 7) is 1.12. The zero-order valence-electron chi connectivity index (χ0n) is 11.8. The molecule has 118 valence electrons. The van der Waals surface area contributed by atoms with Crippen molar-refractivity contribution >= 4 is 33.0 Å². The first-order chi connectivity index (χ1) is 10.5. The highest BCUT2D eigenvalue weighted by Gasteiger charge is 2.23. The lowest BCUT2D eigenvalue weighted by Gasteiger charge is -2.22. The van der Waals surface area contributed by atoms with Crippen molar-refractivity contribution in [1.82, 2.24) is 4.31 Å². The molecule has 2 heterocycles. The molecule has 22 heavy (non-hydrogen) atoms. The molecule has 0 unspecified atom stereocenters. The normalized spacial score (nSPS) is 14.3. The molecule has 8 heteroatoms. The second-order valence-electron chi connectivity index (χ2n) is 4.79. The molecule has 0 aliphatic carbocycles. The second kappa shape index (κ2) is 6.08. The standard InChI is InChI=1S/C14H14ClNO4S2/c1-16(22(17,18)13-3-2-6-21-13)9-10-7-11(15)14-12(8-10)19-4-5-20-14/h2-3,6-8H,4-5,9H2,1H3. The van der Waals surface area contributed by atoms with E-state index in [1.807, 2.05) is 0 Å². The molecule has 0 atom stereocenters. The fourth-order valence-electron chi connectivity index (χ4n) is 2.16.